The Morgan fingerprint density at radius 1 is 1.23 bits per heavy atom. The van der Waals surface area contributed by atoms with E-state index in [0.717, 1.165) is 31.5 Å². The number of nitrogens with two attached hydrogens (primary N) is 1. The van der Waals surface area contributed by atoms with Gasteiger partial charge < -0.3 is 15.4 Å². The summed E-state index contributed by atoms with van der Waals surface area (Å²) in [6.07, 6.45) is 4.80. The van der Waals surface area contributed by atoms with Gasteiger partial charge in [-0.15, -0.1) is 0 Å². The summed E-state index contributed by atoms with van der Waals surface area (Å²) in [5.41, 5.74) is 7.78. The smallest absolute Gasteiger partial charge is 0.332 e. The van der Waals surface area contributed by atoms with Gasteiger partial charge in [-0.25, -0.2) is 10.2 Å². The number of carbonyl (C=O) groups is 2. The SMILES string of the molecule is NC(=O)NN=Cc1ccc(OCC(=O)N2CCCCC2)cc1. The van der Waals surface area contributed by atoms with Crippen LogP contribution in [0.25, 0.3) is 0 Å². The Morgan fingerprint density at radius 3 is 2.55 bits per heavy atom. The lowest BCUT2D eigenvalue weighted by molar-refractivity contribution is -0.134. The molecule has 0 bridgehead atoms. The zero-order valence-electron chi connectivity index (χ0n) is 12.3. The van der Waals surface area contributed by atoms with Gasteiger partial charge in [-0.05, 0) is 49.1 Å². The Kier molecular flexibility index (Phi) is 5.76. The van der Waals surface area contributed by atoms with Crippen molar-refractivity contribution in [3.63, 3.8) is 0 Å². The third-order valence-electron chi connectivity index (χ3n) is 3.34. The van der Waals surface area contributed by atoms with Crippen molar-refractivity contribution >= 4 is 18.2 Å². The summed E-state index contributed by atoms with van der Waals surface area (Å²) in [6.45, 7) is 1.70. The van der Waals surface area contributed by atoms with E-state index >= 15 is 0 Å². The molecule has 2 rings (SSSR count). The predicted molar refractivity (Wildman–Crippen MR) is 82.7 cm³/mol. The molecule has 1 aromatic rings. The van der Waals surface area contributed by atoms with Crippen molar-refractivity contribution in [3.05, 3.63) is 29.8 Å². The summed E-state index contributed by atoms with van der Waals surface area (Å²) < 4.78 is 5.49. The fourth-order valence-corrected chi connectivity index (χ4v) is 2.20. The van der Waals surface area contributed by atoms with Crippen molar-refractivity contribution in [1.29, 1.82) is 0 Å². The van der Waals surface area contributed by atoms with E-state index in [4.69, 9.17) is 10.5 Å². The number of amides is 3. The Balaban J connectivity index is 1.79. The standard InChI is InChI=1S/C15H20N4O3/c16-15(21)18-17-10-12-4-6-13(7-5-12)22-11-14(20)19-8-2-1-3-9-19/h4-7,10H,1-3,8-9,11H2,(H3,16,18,21). The average Bonchev–Trinajstić information content (AvgIpc) is 2.54. The van der Waals surface area contributed by atoms with Crippen LogP contribution < -0.4 is 15.9 Å². The van der Waals surface area contributed by atoms with Crippen LogP contribution in [0.15, 0.2) is 29.4 Å². The summed E-state index contributed by atoms with van der Waals surface area (Å²) in [7, 11) is 0. The minimum atomic E-state index is -0.715. The fraction of sp³-hybridized carbons (Fsp3) is 0.400. The highest BCUT2D eigenvalue weighted by Crippen LogP contribution is 2.13. The fourth-order valence-electron chi connectivity index (χ4n) is 2.20. The third kappa shape index (κ3) is 5.08. The van der Waals surface area contributed by atoms with Crippen LogP contribution in [0.1, 0.15) is 24.8 Å². The van der Waals surface area contributed by atoms with E-state index in [9.17, 15) is 9.59 Å². The first-order valence-corrected chi connectivity index (χ1v) is 7.24. The summed E-state index contributed by atoms with van der Waals surface area (Å²) in [4.78, 5) is 24.3. The number of urea groups is 1. The molecule has 0 saturated carbocycles. The average molecular weight is 304 g/mol. The van der Waals surface area contributed by atoms with Crippen LogP contribution in [0.3, 0.4) is 0 Å². The molecule has 1 aliphatic heterocycles. The number of primary amides is 1. The number of hydrogen-bond donors (Lipinski definition) is 2. The van der Waals surface area contributed by atoms with Gasteiger partial charge in [0.2, 0.25) is 0 Å². The first kappa shape index (κ1) is 15.8. The van der Waals surface area contributed by atoms with E-state index in [2.05, 4.69) is 10.5 Å². The topological polar surface area (TPSA) is 97.0 Å². The zero-order chi connectivity index (χ0) is 15.8. The van der Waals surface area contributed by atoms with Crippen LogP contribution in [-0.4, -0.2) is 42.7 Å². The number of likely N-dealkylation sites (tertiary alicyclic amines) is 1. The van der Waals surface area contributed by atoms with Gasteiger partial charge >= 0.3 is 6.03 Å². The molecule has 0 radical (unpaired) electrons. The third-order valence-corrected chi connectivity index (χ3v) is 3.34. The van der Waals surface area contributed by atoms with E-state index in [0.29, 0.717) is 5.75 Å². The Morgan fingerprint density at radius 2 is 1.91 bits per heavy atom. The first-order chi connectivity index (χ1) is 10.6. The first-order valence-electron chi connectivity index (χ1n) is 7.24. The van der Waals surface area contributed by atoms with E-state index in [-0.39, 0.29) is 12.5 Å². The molecule has 7 heteroatoms. The molecular weight excluding hydrogens is 284 g/mol. The summed E-state index contributed by atoms with van der Waals surface area (Å²) in [6, 6.07) is 6.32. The molecule has 7 nitrogen and oxygen atoms in total. The van der Waals surface area contributed by atoms with E-state index in [1.54, 1.807) is 24.3 Å². The molecule has 1 aliphatic rings. The van der Waals surface area contributed by atoms with Crippen LogP contribution >= 0.6 is 0 Å². The molecule has 0 atom stereocenters. The lowest BCUT2D eigenvalue weighted by atomic mass is 10.1. The summed E-state index contributed by atoms with van der Waals surface area (Å²) in [5.74, 6) is 0.640. The number of hydrogen-bond acceptors (Lipinski definition) is 4. The van der Waals surface area contributed by atoms with Gasteiger partial charge in [0.15, 0.2) is 6.61 Å². The quantitative estimate of drug-likeness (QED) is 0.629. The Labute approximate surface area is 129 Å². The maximum Gasteiger partial charge on any atom is 0.332 e. The van der Waals surface area contributed by atoms with Crippen LogP contribution in [0.2, 0.25) is 0 Å². The monoisotopic (exact) mass is 304 g/mol. The maximum atomic E-state index is 12.0. The van der Waals surface area contributed by atoms with Crippen molar-refractivity contribution in [2.45, 2.75) is 19.3 Å². The molecule has 1 saturated heterocycles. The summed E-state index contributed by atoms with van der Waals surface area (Å²) in [5, 5.41) is 3.66. The van der Waals surface area contributed by atoms with Gasteiger partial charge in [0.1, 0.15) is 5.75 Å². The molecule has 0 aliphatic carbocycles. The number of nitrogens with one attached hydrogen (secondary N) is 1. The second kappa shape index (κ2) is 8.02. The minimum Gasteiger partial charge on any atom is -0.484 e. The van der Waals surface area contributed by atoms with Crippen LogP contribution in [0.4, 0.5) is 4.79 Å². The van der Waals surface area contributed by atoms with Crippen molar-refractivity contribution in [3.8, 4) is 5.75 Å². The number of benzene rings is 1. The van der Waals surface area contributed by atoms with Gasteiger partial charge in [0.05, 0.1) is 6.21 Å². The van der Waals surface area contributed by atoms with Gasteiger partial charge in [-0.1, -0.05) is 0 Å². The van der Waals surface area contributed by atoms with Gasteiger partial charge in [-0.2, -0.15) is 5.10 Å². The molecule has 22 heavy (non-hydrogen) atoms. The summed E-state index contributed by atoms with van der Waals surface area (Å²) >= 11 is 0. The molecule has 0 spiro atoms. The maximum absolute atomic E-state index is 12.0. The normalized spacial score (nSPS) is 14.8. The Hall–Kier alpha value is -2.57. The van der Waals surface area contributed by atoms with E-state index in [1.807, 2.05) is 4.90 Å². The van der Waals surface area contributed by atoms with Gasteiger partial charge in [0.25, 0.3) is 5.91 Å². The Bertz CT molecular complexity index is 536. The predicted octanol–water partition coefficient (Wildman–Crippen LogP) is 1.08. The molecule has 118 valence electrons. The highest BCUT2D eigenvalue weighted by Gasteiger charge is 2.16. The number of ether oxygens (including phenoxy) is 1. The van der Waals surface area contributed by atoms with Crippen molar-refractivity contribution in [1.82, 2.24) is 10.3 Å². The van der Waals surface area contributed by atoms with Crippen molar-refractivity contribution < 1.29 is 14.3 Å². The highest BCUT2D eigenvalue weighted by atomic mass is 16.5. The molecule has 1 fully saturated rings. The van der Waals surface area contributed by atoms with E-state index < -0.39 is 6.03 Å². The van der Waals surface area contributed by atoms with Crippen molar-refractivity contribution in [2.24, 2.45) is 10.8 Å². The van der Waals surface area contributed by atoms with E-state index in [1.165, 1.54) is 12.6 Å². The van der Waals surface area contributed by atoms with Gasteiger partial charge in [0, 0.05) is 13.1 Å². The largest absolute Gasteiger partial charge is 0.484 e. The second-order valence-electron chi connectivity index (χ2n) is 5.03. The lowest BCUT2D eigenvalue weighted by Gasteiger charge is -2.26. The molecule has 3 N–H and O–H groups in total. The lowest BCUT2D eigenvalue weighted by Crippen LogP contribution is -2.38. The molecular formula is C15H20N4O3. The molecule has 1 heterocycles. The van der Waals surface area contributed by atoms with Crippen LogP contribution in [0.5, 0.6) is 5.75 Å². The number of rotatable bonds is 5. The van der Waals surface area contributed by atoms with Crippen LogP contribution in [-0.2, 0) is 4.79 Å². The molecule has 0 unspecified atom stereocenters. The second-order valence-corrected chi connectivity index (χ2v) is 5.03. The molecule has 3 amide bonds. The zero-order valence-corrected chi connectivity index (χ0v) is 12.3. The highest BCUT2D eigenvalue weighted by molar-refractivity contribution is 5.81. The number of nitrogens with zero attached hydrogens (tertiary/aromatic N) is 2. The van der Waals surface area contributed by atoms with Gasteiger partial charge in [-0.3, -0.25) is 4.79 Å². The van der Waals surface area contributed by atoms with Crippen LogP contribution in [0, 0.1) is 0 Å². The molecule has 0 aromatic heterocycles. The molecule has 1 aromatic carbocycles. The number of hydrazone groups is 1. The number of piperidine rings is 1. The number of carbonyl (C=O) groups excluding carboxylic acids is 2. The minimum absolute atomic E-state index is 0.0241. The van der Waals surface area contributed by atoms with Crippen molar-refractivity contribution in [2.75, 3.05) is 19.7 Å².